The summed E-state index contributed by atoms with van der Waals surface area (Å²) in [5, 5.41) is 9.75. The molecule has 0 aliphatic carbocycles. The average Bonchev–Trinajstić information content (AvgIpc) is 2.72. The fraction of sp³-hybridized carbons (Fsp3) is 0.364. The van der Waals surface area contributed by atoms with Crippen molar-refractivity contribution in [3.05, 3.63) is 42.5 Å². The lowest BCUT2D eigenvalue weighted by atomic mass is 10.00. The Kier molecular flexibility index (Phi) is 6.38. The first-order valence-corrected chi connectivity index (χ1v) is 11.5. The highest BCUT2D eigenvalue weighted by atomic mass is 32.2. The van der Waals surface area contributed by atoms with Crippen molar-refractivity contribution >= 4 is 33.4 Å². The van der Waals surface area contributed by atoms with E-state index in [4.69, 9.17) is 0 Å². The number of carboxylic acid groups (broad SMARTS) is 1. The molecule has 0 aromatic heterocycles. The predicted octanol–water partition coefficient (Wildman–Crippen LogP) is 3.53. The van der Waals surface area contributed by atoms with Crippen LogP contribution in [0.1, 0.15) is 27.2 Å². The zero-order valence-corrected chi connectivity index (χ0v) is 18.8. The normalized spacial score (nSPS) is 16.4. The van der Waals surface area contributed by atoms with Gasteiger partial charge in [-0.3, -0.25) is 9.69 Å². The second-order valence-corrected chi connectivity index (χ2v) is 9.93. The summed E-state index contributed by atoms with van der Waals surface area (Å²) in [6, 6.07) is 11.3. The summed E-state index contributed by atoms with van der Waals surface area (Å²) in [6.07, 6.45) is -0.740. The first-order chi connectivity index (χ1) is 14.5. The maximum atomic E-state index is 12.9. The van der Waals surface area contributed by atoms with Crippen LogP contribution in [-0.2, 0) is 14.8 Å². The Labute approximate surface area is 182 Å². The molecule has 9 heteroatoms. The van der Waals surface area contributed by atoms with Crippen LogP contribution >= 0.6 is 0 Å². The maximum absolute atomic E-state index is 12.9. The largest absolute Gasteiger partial charge is 0.465 e. The lowest BCUT2D eigenvalue weighted by Crippen LogP contribution is -2.51. The van der Waals surface area contributed by atoms with Crippen molar-refractivity contribution in [3.63, 3.8) is 0 Å². The smallest absolute Gasteiger partial charge is 0.411 e. The monoisotopic (exact) mass is 445 g/mol. The Balaban J connectivity index is 2.11. The van der Waals surface area contributed by atoms with E-state index in [-0.39, 0.29) is 29.3 Å². The molecule has 0 saturated carbocycles. The second kappa shape index (κ2) is 8.68. The summed E-state index contributed by atoms with van der Waals surface area (Å²) in [5.74, 6) is 0.125. The molecule has 1 heterocycles. The quantitative estimate of drug-likeness (QED) is 0.732. The van der Waals surface area contributed by atoms with E-state index in [1.54, 1.807) is 35.2 Å². The molecule has 0 bridgehead atoms. The number of rotatable bonds is 5. The zero-order valence-electron chi connectivity index (χ0n) is 18.0. The van der Waals surface area contributed by atoms with Gasteiger partial charge in [0.1, 0.15) is 0 Å². The number of hydrogen-bond acceptors (Lipinski definition) is 4. The van der Waals surface area contributed by atoms with Crippen LogP contribution in [0, 0.1) is 5.92 Å². The van der Waals surface area contributed by atoms with E-state index >= 15 is 0 Å². The number of carbonyl (C=O) groups is 2. The highest BCUT2D eigenvalue weighted by Gasteiger charge is 2.35. The number of benzene rings is 2. The van der Waals surface area contributed by atoms with Gasteiger partial charge in [-0.1, -0.05) is 32.0 Å². The molecule has 2 aromatic carbocycles. The summed E-state index contributed by atoms with van der Waals surface area (Å²) in [5.41, 5.74) is 2.23. The van der Waals surface area contributed by atoms with E-state index in [1.165, 1.54) is 24.1 Å². The standard InChI is InChI=1S/C22H27N3O5S/c1-14(2)10-21(26)25-15(3)13-24(22(27)28)20-12-17(8-9-19(20)25)16-6-5-7-18(11-16)31(29,30)23-4/h5-9,11-12,14-15,23H,10,13H2,1-4H3,(H,27,28)/t15-/m0/s1. The lowest BCUT2D eigenvalue weighted by molar-refractivity contribution is -0.119. The second-order valence-electron chi connectivity index (χ2n) is 8.04. The van der Waals surface area contributed by atoms with Gasteiger partial charge in [0.2, 0.25) is 15.9 Å². The van der Waals surface area contributed by atoms with Crippen LogP contribution in [-0.4, -0.2) is 45.2 Å². The molecule has 31 heavy (non-hydrogen) atoms. The molecule has 1 aliphatic heterocycles. The van der Waals surface area contributed by atoms with Crippen LogP contribution in [0.3, 0.4) is 0 Å². The van der Waals surface area contributed by atoms with Gasteiger partial charge in [-0.25, -0.2) is 17.9 Å². The fourth-order valence-electron chi connectivity index (χ4n) is 3.77. The van der Waals surface area contributed by atoms with Gasteiger partial charge in [-0.2, -0.15) is 0 Å². The summed E-state index contributed by atoms with van der Waals surface area (Å²) >= 11 is 0. The lowest BCUT2D eigenvalue weighted by Gasteiger charge is -2.40. The van der Waals surface area contributed by atoms with Crippen molar-refractivity contribution in [2.45, 2.75) is 38.1 Å². The SMILES string of the molecule is CNS(=O)(=O)c1cccc(-c2ccc3c(c2)N(C(=O)O)C[C@H](C)N3C(=O)CC(C)C)c1. The number of fused-ring (bicyclic) bond motifs is 1. The molecule has 0 saturated heterocycles. The first-order valence-electron chi connectivity index (χ1n) is 10.1. The number of anilines is 2. The molecule has 0 radical (unpaired) electrons. The summed E-state index contributed by atoms with van der Waals surface area (Å²) in [6.45, 7) is 5.92. The highest BCUT2D eigenvalue weighted by molar-refractivity contribution is 7.89. The number of nitrogens with zero attached hydrogens (tertiary/aromatic N) is 2. The fourth-order valence-corrected chi connectivity index (χ4v) is 4.55. The Morgan fingerprint density at radius 2 is 1.81 bits per heavy atom. The molecule has 3 rings (SSSR count). The van der Waals surface area contributed by atoms with Gasteiger partial charge in [-0.15, -0.1) is 0 Å². The third kappa shape index (κ3) is 4.57. The van der Waals surface area contributed by atoms with Crippen molar-refractivity contribution in [1.29, 1.82) is 0 Å². The van der Waals surface area contributed by atoms with E-state index < -0.39 is 16.1 Å². The third-order valence-corrected chi connectivity index (χ3v) is 6.65. The number of nitrogens with one attached hydrogen (secondary N) is 1. The molecule has 2 amide bonds. The predicted molar refractivity (Wildman–Crippen MR) is 120 cm³/mol. The minimum Gasteiger partial charge on any atom is -0.465 e. The van der Waals surface area contributed by atoms with E-state index in [2.05, 4.69) is 4.72 Å². The topological polar surface area (TPSA) is 107 Å². The van der Waals surface area contributed by atoms with E-state index in [1.807, 2.05) is 20.8 Å². The summed E-state index contributed by atoms with van der Waals surface area (Å²) in [4.78, 5) is 27.8. The van der Waals surface area contributed by atoms with Crippen LogP contribution in [0.15, 0.2) is 47.4 Å². The van der Waals surface area contributed by atoms with Gasteiger partial charge < -0.3 is 10.0 Å². The van der Waals surface area contributed by atoms with Crippen molar-refractivity contribution in [2.75, 3.05) is 23.4 Å². The highest BCUT2D eigenvalue weighted by Crippen LogP contribution is 2.39. The van der Waals surface area contributed by atoms with Gasteiger partial charge in [0.15, 0.2) is 0 Å². The number of sulfonamides is 1. The summed E-state index contributed by atoms with van der Waals surface area (Å²) < 4.78 is 26.6. The van der Waals surface area contributed by atoms with Crippen molar-refractivity contribution < 1.29 is 23.1 Å². The number of amides is 2. The van der Waals surface area contributed by atoms with E-state index in [9.17, 15) is 23.1 Å². The first kappa shape index (κ1) is 22.8. The molecule has 0 unspecified atom stereocenters. The molecule has 8 nitrogen and oxygen atoms in total. The van der Waals surface area contributed by atoms with Gasteiger partial charge in [0.05, 0.1) is 22.3 Å². The Morgan fingerprint density at radius 1 is 1.13 bits per heavy atom. The molecule has 166 valence electrons. The minimum atomic E-state index is -3.62. The third-order valence-electron chi connectivity index (χ3n) is 5.24. The van der Waals surface area contributed by atoms with Crippen LogP contribution in [0.5, 0.6) is 0 Å². The number of carbonyl (C=O) groups excluding carboxylic acids is 1. The number of hydrogen-bond donors (Lipinski definition) is 2. The molecular formula is C22H27N3O5S. The molecule has 1 atom stereocenters. The van der Waals surface area contributed by atoms with Gasteiger partial charge in [0.25, 0.3) is 0 Å². The Morgan fingerprint density at radius 3 is 2.42 bits per heavy atom. The maximum Gasteiger partial charge on any atom is 0.411 e. The molecule has 0 fully saturated rings. The van der Waals surface area contributed by atoms with Crippen molar-refractivity contribution in [1.82, 2.24) is 4.72 Å². The van der Waals surface area contributed by atoms with Crippen LogP contribution in [0.25, 0.3) is 11.1 Å². The Hall–Kier alpha value is -2.91. The summed E-state index contributed by atoms with van der Waals surface area (Å²) in [7, 11) is -2.27. The molecule has 0 spiro atoms. The van der Waals surface area contributed by atoms with E-state index in [0.717, 1.165) is 0 Å². The Bertz CT molecular complexity index is 1110. The van der Waals surface area contributed by atoms with Gasteiger partial charge in [0, 0.05) is 13.0 Å². The van der Waals surface area contributed by atoms with Gasteiger partial charge in [-0.05, 0) is 55.3 Å². The zero-order chi connectivity index (χ0) is 22.9. The molecule has 2 aromatic rings. The minimum absolute atomic E-state index is 0.0522. The van der Waals surface area contributed by atoms with Crippen molar-refractivity contribution in [2.24, 2.45) is 5.92 Å². The molecule has 1 aliphatic rings. The van der Waals surface area contributed by atoms with E-state index in [0.29, 0.717) is 28.9 Å². The van der Waals surface area contributed by atoms with Crippen LogP contribution in [0.4, 0.5) is 16.2 Å². The van der Waals surface area contributed by atoms with Crippen molar-refractivity contribution in [3.8, 4) is 11.1 Å². The van der Waals surface area contributed by atoms with Crippen LogP contribution in [0.2, 0.25) is 0 Å². The van der Waals surface area contributed by atoms with Crippen LogP contribution < -0.4 is 14.5 Å². The van der Waals surface area contributed by atoms with Gasteiger partial charge >= 0.3 is 6.09 Å². The molecular weight excluding hydrogens is 418 g/mol. The average molecular weight is 446 g/mol. The molecule has 2 N–H and O–H groups in total.